The Bertz CT molecular complexity index is 388. The van der Waals surface area contributed by atoms with Gasteiger partial charge in [0, 0.05) is 19.1 Å². The van der Waals surface area contributed by atoms with E-state index in [1.807, 2.05) is 45.0 Å². The molecule has 0 aliphatic heterocycles. The van der Waals surface area contributed by atoms with Crippen molar-refractivity contribution in [2.24, 2.45) is 0 Å². The second-order valence-electron chi connectivity index (χ2n) is 5.84. The minimum absolute atomic E-state index is 0.194. The molecule has 1 rings (SSSR count). The number of benzene rings is 1. The van der Waals surface area contributed by atoms with E-state index < -0.39 is 5.60 Å². The molecule has 4 nitrogen and oxygen atoms in total. The summed E-state index contributed by atoms with van der Waals surface area (Å²) < 4.78 is 5.43. The maximum absolute atomic E-state index is 10.3. The number of hydrogen-bond donors (Lipinski definition) is 2. The van der Waals surface area contributed by atoms with Crippen molar-refractivity contribution in [3.63, 3.8) is 0 Å². The third-order valence-electron chi connectivity index (χ3n) is 3.14. The largest absolute Gasteiger partial charge is 0.494 e. The molecule has 0 saturated heterocycles. The molecular weight excluding hydrogens is 252 g/mol. The number of hydrogen-bond acceptors (Lipinski definition) is 4. The molecular formula is C16H28N2O2. The van der Waals surface area contributed by atoms with Crippen molar-refractivity contribution in [3.8, 4) is 5.75 Å². The summed E-state index contributed by atoms with van der Waals surface area (Å²) in [6.07, 6.45) is 0. The smallest absolute Gasteiger partial charge is 0.119 e. The Hall–Kier alpha value is -1.10. The maximum atomic E-state index is 10.3. The highest BCUT2D eigenvalue weighted by atomic mass is 16.5. The van der Waals surface area contributed by atoms with E-state index in [1.54, 1.807) is 0 Å². The number of rotatable bonds is 8. The lowest BCUT2D eigenvalue weighted by Crippen LogP contribution is -2.46. The molecule has 0 bridgehead atoms. The Morgan fingerprint density at radius 3 is 2.40 bits per heavy atom. The average Bonchev–Trinajstić information content (AvgIpc) is 2.36. The van der Waals surface area contributed by atoms with Gasteiger partial charge in [0.25, 0.3) is 0 Å². The third kappa shape index (κ3) is 5.90. The molecule has 0 heterocycles. The highest BCUT2D eigenvalue weighted by molar-refractivity contribution is 5.28. The van der Waals surface area contributed by atoms with Gasteiger partial charge < -0.3 is 20.1 Å². The number of aliphatic hydroxyl groups is 1. The van der Waals surface area contributed by atoms with Crippen LogP contribution in [0, 0.1) is 0 Å². The lowest BCUT2D eigenvalue weighted by Gasteiger charge is -2.29. The van der Waals surface area contributed by atoms with Gasteiger partial charge in [-0.25, -0.2) is 0 Å². The molecule has 0 saturated carbocycles. The van der Waals surface area contributed by atoms with Crippen LogP contribution in [0.3, 0.4) is 0 Å². The van der Waals surface area contributed by atoms with Gasteiger partial charge in [-0.15, -0.1) is 0 Å². The monoisotopic (exact) mass is 280 g/mol. The van der Waals surface area contributed by atoms with Crippen molar-refractivity contribution in [1.82, 2.24) is 10.2 Å². The highest BCUT2D eigenvalue weighted by Crippen LogP contribution is 2.18. The van der Waals surface area contributed by atoms with Crippen LogP contribution in [0.5, 0.6) is 5.75 Å². The van der Waals surface area contributed by atoms with E-state index in [0.29, 0.717) is 19.7 Å². The Morgan fingerprint density at radius 2 is 1.90 bits per heavy atom. The van der Waals surface area contributed by atoms with Crippen molar-refractivity contribution < 1.29 is 9.84 Å². The normalized spacial score (nSPS) is 15.9. The van der Waals surface area contributed by atoms with Gasteiger partial charge in [-0.1, -0.05) is 12.1 Å². The van der Waals surface area contributed by atoms with E-state index >= 15 is 0 Å². The van der Waals surface area contributed by atoms with E-state index in [-0.39, 0.29) is 6.04 Å². The molecule has 114 valence electrons. The van der Waals surface area contributed by atoms with E-state index in [4.69, 9.17) is 4.74 Å². The fraction of sp³-hybridized carbons (Fsp3) is 0.625. The molecule has 0 amide bonds. The molecule has 2 unspecified atom stereocenters. The van der Waals surface area contributed by atoms with Crippen LogP contribution in [0.2, 0.25) is 0 Å². The van der Waals surface area contributed by atoms with Crippen LogP contribution in [-0.2, 0) is 0 Å². The van der Waals surface area contributed by atoms with Crippen molar-refractivity contribution in [2.75, 3.05) is 33.8 Å². The first-order chi connectivity index (χ1) is 9.34. The van der Waals surface area contributed by atoms with Gasteiger partial charge >= 0.3 is 0 Å². The molecule has 0 fully saturated rings. The Kier molecular flexibility index (Phi) is 6.46. The number of nitrogens with zero attached hydrogens (tertiary/aromatic N) is 1. The first-order valence-electron chi connectivity index (χ1n) is 7.17. The Labute approximate surface area is 122 Å². The summed E-state index contributed by atoms with van der Waals surface area (Å²) in [5.74, 6) is 0.892. The second-order valence-corrected chi connectivity index (χ2v) is 5.84. The Balaban J connectivity index is 2.51. The molecule has 1 aromatic rings. The van der Waals surface area contributed by atoms with E-state index in [1.165, 1.54) is 5.56 Å². The van der Waals surface area contributed by atoms with Gasteiger partial charge in [0.15, 0.2) is 0 Å². The van der Waals surface area contributed by atoms with Crippen LogP contribution in [0.1, 0.15) is 32.4 Å². The number of ether oxygens (including phenoxy) is 1. The summed E-state index contributed by atoms with van der Waals surface area (Å²) in [5, 5.41) is 13.6. The molecule has 0 aliphatic rings. The fourth-order valence-corrected chi connectivity index (χ4v) is 2.25. The third-order valence-corrected chi connectivity index (χ3v) is 3.14. The first-order valence-corrected chi connectivity index (χ1v) is 7.17. The molecule has 1 aromatic carbocycles. The lowest BCUT2D eigenvalue weighted by atomic mass is 10.0. The lowest BCUT2D eigenvalue weighted by molar-refractivity contribution is 0.0317. The van der Waals surface area contributed by atoms with Crippen LogP contribution in [0.4, 0.5) is 0 Å². The molecule has 0 aromatic heterocycles. The fourth-order valence-electron chi connectivity index (χ4n) is 2.25. The van der Waals surface area contributed by atoms with Crippen molar-refractivity contribution in [3.05, 3.63) is 29.8 Å². The maximum Gasteiger partial charge on any atom is 0.119 e. The number of likely N-dealkylation sites (N-methyl/N-ethyl adjacent to an activating group) is 1. The van der Waals surface area contributed by atoms with Gasteiger partial charge in [0.2, 0.25) is 0 Å². The van der Waals surface area contributed by atoms with Crippen LogP contribution in [0.15, 0.2) is 24.3 Å². The number of nitrogens with one attached hydrogen (secondary N) is 1. The summed E-state index contributed by atoms with van der Waals surface area (Å²) in [6.45, 7) is 7.80. The molecule has 2 atom stereocenters. The molecule has 20 heavy (non-hydrogen) atoms. The second kappa shape index (κ2) is 7.62. The predicted molar refractivity (Wildman–Crippen MR) is 83.2 cm³/mol. The van der Waals surface area contributed by atoms with E-state index in [0.717, 1.165) is 5.75 Å². The van der Waals surface area contributed by atoms with Crippen LogP contribution >= 0.6 is 0 Å². The SMILES string of the molecule is CCOc1ccc(C(C)NCC(C)(O)CN(C)C)cc1. The summed E-state index contributed by atoms with van der Waals surface area (Å²) in [4.78, 5) is 1.99. The molecule has 0 aliphatic carbocycles. The summed E-state index contributed by atoms with van der Waals surface area (Å²) in [5.41, 5.74) is 0.456. The molecule has 0 radical (unpaired) electrons. The van der Waals surface area contributed by atoms with Crippen molar-refractivity contribution >= 4 is 0 Å². The molecule has 2 N–H and O–H groups in total. The van der Waals surface area contributed by atoms with Crippen LogP contribution in [0.25, 0.3) is 0 Å². The topological polar surface area (TPSA) is 44.7 Å². The summed E-state index contributed by atoms with van der Waals surface area (Å²) in [7, 11) is 3.93. The van der Waals surface area contributed by atoms with Gasteiger partial charge in [-0.2, -0.15) is 0 Å². The zero-order chi connectivity index (χ0) is 15.2. The van der Waals surface area contributed by atoms with Gasteiger partial charge in [-0.3, -0.25) is 0 Å². The standard InChI is InChI=1S/C16H28N2O2/c1-6-20-15-9-7-14(8-10-15)13(2)17-11-16(3,19)12-18(4)5/h7-10,13,17,19H,6,11-12H2,1-5H3. The van der Waals surface area contributed by atoms with Crippen LogP contribution in [-0.4, -0.2) is 49.4 Å². The van der Waals surface area contributed by atoms with Crippen molar-refractivity contribution in [2.45, 2.75) is 32.4 Å². The predicted octanol–water partition coefficient (Wildman–Crippen LogP) is 2.05. The first kappa shape index (κ1) is 17.0. The van der Waals surface area contributed by atoms with Crippen LogP contribution < -0.4 is 10.1 Å². The van der Waals surface area contributed by atoms with E-state index in [9.17, 15) is 5.11 Å². The van der Waals surface area contributed by atoms with Crippen molar-refractivity contribution in [1.29, 1.82) is 0 Å². The van der Waals surface area contributed by atoms with Gasteiger partial charge in [0.1, 0.15) is 5.75 Å². The minimum Gasteiger partial charge on any atom is -0.494 e. The van der Waals surface area contributed by atoms with Gasteiger partial charge in [0.05, 0.1) is 12.2 Å². The molecule has 4 heteroatoms. The summed E-state index contributed by atoms with van der Waals surface area (Å²) >= 11 is 0. The summed E-state index contributed by atoms with van der Waals surface area (Å²) in [6, 6.07) is 8.27. The minimum atomic E-state index is -0.733. The average molecular weight is 280 g/mol. The quantitative estimate of drug-likeness (QED) is 0.765. The highest BCUT2D eigenvalue weighted by Gasteiger charge is 2.21. The molecule has 0 spiro atoms. The Morgan fingerprint density at radius 1 is 1.30 bits per heavy atom. The van der Waals surface area contributed by atoms with E-state index in [2.05, 4.69) is 24.4 Å². The zero-order valence-corrected chi connectivity index (χ0v) is 13.3. The zero-order valence-electron chi connectivity index (χ0n) is 13.3. The van der Waals surface area contributed by atoms with Gasteiger partial charge in [-0.05, 0) is 52.6 Å².